The zero-order valence-electron chi connectivity index (χ0n) is 14.2. The van der Waals surface area contributed by atoms with Crippen molar-refractivity contribution < 1.29 is 4.79 Å². The SMILES string of the molecule is CCNC(=NCc1cccc(Cl)c1)NC1CCN(C(=O)CC)C1.I. The normalized spacial score (nSPS) is 17.4. The first-order chi connectivity index (χ1) is 11.1. The number of nitrogens with one attached hydrogen (secondary N) is 2. The summed E-state index contributed by atoms with van der Waals surface area (Å²) in [4.78, 5) is 18.3. The topological polar surface area (TPSA) is 56.7 Å². The van der Waals surface area contributed by atoms with Crippen molar-refractivity contribution in [3.8, 4) is 0 Å². The van der Waals surface area contributed by atoms with Gasteiger partial charge in [-0.05, 0) is 31.0 Å². The van der Waals surface area contributed by atoms with Gasteiger partial charge in [0, 0.05) is 37.1 Å². The molecule has 1 aliphatic rings. The molecule has 1 aromatic rings. The van der Waals surface area contributed by atoms with Crippen LogP contribution < -0.4 is 10.6 Å². The molecule has 1 aliphatic heterocycles. The Morgan fingerprint density at radius 2 is 2.21 bits per heavy atom. The van der Waals surface area contributed by atoms with Crippen LogP contribution >= 0.6 is 35.6 Å². The number of carbonyl (C=O) groups is 1. The highest BCUT2D eigenvalue weighted by Crippen LogP contribution is 2.12. The maximum Gasteiger partial charge on any atom is 0.222 e. The molecule has 1 amide bonds. The Bertz CT molecular complexity index is 567. The standard InChI is InChI=1S/C17H25ClN4O.HI/c1-3-16(23)22-9-8-15(12-22)21-17(19-4-2)20-11-13-6-5-7-14(18)10-13;/h5-7,10,15H,3-4,8-9,11-12H2,1-2H3,(H2,19,20,21);1H. The summed E-state index contributed by atoms with van der Waals surface area (Å²) >= 11 is 6.00. The second-order valence-electron chi connectivity index (χ2n) is 5.65. The Morgan fingerprint density at radius 1 is 1.42 bits per heavy atom. The lowest BCUT2D eigenvalue weighted by atomic mass is 10.2. The predicted molar refractivity (Wildman–Crippen MR) is 110 cm³/mol. The molecule has 1 atom stereocenters. The Kier molecular flexibility index (Phi) is 9.43. The average Bonchev–Trinajstić information content (AvgIpc) is 3.01. The van der Waals surface area contributed by atoms with Crippen molar-refractivity contribution in [3.05, 3.63) is 34.9 Å². The third kappa shape index (κ3) is 6.47. The molecule has 7 heteroatoms. The quantitative estimate of drug-likeness (QED) is 0.400. The minimum Gasteiger partial charge on any atom is -0.357 e. The van der Waals surface area contributed by atoms with Gasteiger partial charge in [-0.3, -0.25) is 4.79 Å². The summed E-state index contributed by atoms with van der Waals surface area (Å²) in [5.74, 6) is 0.999. The number of benzene rings is 1. The number of amides is 1. The van der Waals surface area contributed by atoms with Gasteiger partial charge in [-0.2, -0.15) is 0 Å². The number of hydrogen-bond acceptors (Lipinski definition) is 2. The fourth-order valence-electron chi connectivity index (χ4n) is 2.65. The van der Waals surface area contributed by atoms with Gasteiger partial charge < -0.3 is 15.5 Å². The van der Waals surface area contributed by atoms with Gasteiger partial charge in [0.15, 0.2) is 5.96 Å². The molecule has 0 spiro atoms. The van der Waals surface area contributed by atoms with E-state index in [2.05, 4.69) is 15.6 Å². The summed E-state index contributed by atoms with van der Waals surface area (Å²) in [5.41, 5.74) is 1.07. The van der Waals surface area contributed by atoms with Crippen molar-refractivity contribution in [1.82, 2.24) is 15.5 Å². The molecule has 134 valence electrons. The van der Waals surface area contributed by atoms with Gasteiger partial charge in [0.25, 0.3) is 0 Å². The maximum absolute atomic E-state index is 11.8. The molecule has 1 heterocycles. The molecule has 1 aromatic carbocycles. The first kappa shape index (κ1) is 21.0. The van der Waals surface area contributed by atoms with Crippen LogP contribution in [0.4, 0.5) is 0 Å². The number of hydrogen-bond donors (Lipinski definition) is 2. The van der Waals surface area contributed by atoms with E-state index >= 15 is 0 Å². The van der Waals surface area contributed by atoms with E-state index in [9.17, 15) is 4.79 Å². The lowest BCUT2D eigenvalue weighted by Gasteiger charge is -2.18. The lowest BCUT2D eigenvalue weighted by Crippen LogP contribution is -2.45. The molecule has 0 saturated carbocycles. The van der Waals surface area contributed by atoms with E-state index < -0.39 is 0 Å². The highest BCUT2D eigenvalue weighted by molar-refractivity contribution is 14.0. The highest BCUT2D eigenvalue weighted by atomic mass is 127. The van der Waals surface area contributed by atoms with Gasteiger partial charge in [0.2, 0.25) is 5.91 Å². The third-order valence-electron chi connectivity index (χ3n) is 3.84. The summed E-state index contributed by atoms with van der Waals surface area (Å²) in [5, 5.41) is 7.40. The van der Waals surface area contributed by atoms with E-state index in [1.54, 1.807) is 0 Å². The molecule has 24 heavy (non-hydrogen) atoms. The van der Waals surface area contributed by atoms with Crippen LogP contribution in [-0.4, -0.2) is 42.4 Å². The molecule has 5 nitrogen and oxygen atoms in total. The van der Waals surface area contributed by atoms with E-state index in [0.717, 1.165) is 42.6 Å². The smallest absolute Gasteiger partial charge is 0.222 e. The number of rotatable bonds is 5. The predicted octanol–water partition coefficient (Wildman–Crippen LogP) is 3.02. The van der Waals surface area contributed by atoms with Crippen LogP contribution in [-0.2, 0) is 11.3 Å². The number of carbonyl (C=O) groups excluding carboxylic acids is 1. The molecule has 2 rings (SSSR count). The van der Waals surface area contributed by atoms with Gasteiger partial charge in [0.1, 0.15) is 0 Å². The fraction of sp³-hybridized carbons (Fsp3) is 0.529. The van der Waals surface area contributed by atoms with Crippen molar-refractivity contribution in [2.24, 2.45) is 4.99 Å². The zero-order chi connectivity index (χ0) is 16.7. The maximum atomic E-state index is 11.8. The van der Waals surface area contributed by atoms with Gasteiger partial charge in [0.05, 0.1) is 6.54 Å². The second-order valence-corrected chi connectivity index (χ2v) is 6.08. The number of halogens is 2. The second kappa shape index (κ2) is 10.8. The molecular formula is C17H26ClIN4O. The number of likely N-dealkylation sites (tertiary alicyclic amines) is 1. The first-order valence-electron chi connectivity index (χ1n) is 8.19. The Morgan fingerprint density at radius 3 is 2.88 bits per heavy atom. The van der Waals surface area contributed by atoms with E-state index in [4.69, 9.17) is 11.6 Å². The monoisotopic (exact) mass is 464 g/mol. The number of nitrogens with zero attached hydrogens (tertiary/aromatic N) is 2. The third-order valence-corrected chi connectivity index (χ3v) is 4.07. The lowest BCUT2D eigenvalue weighted by molar-refractivity contribution is -0.129. The van der Waals surface area contributed by atoms with Crippen LogP contribution in [0.1, 0.15) is 32.3 Å². The molecular weight excluding hydrogens is 439 g/mol. The van der Waals surface area contributed by atoms with Crippen LogP contribution in [0.3, 0.4) is 0 Å². The van der Waals surface area contributed by atoms with Crippen LogP contribution in [0.25, 0.3) is 0 Å². The van der Waals surface area contributed by atoms with Gasteiger partial charge in [-0.25, -0.2) is 4.99 Å². The van der Waals surface area contributed by atoms with Crippen molar-refractivity contribution in [3.63, 3.8) is 0 Å². The van der Waals surface area contributed by atoms with Gasteiger partial charge in [-0.1, -0.05) is 30.7 Å². The van der Waals surface area contributed by atoms with E-state index in [1.807, 2.05) is 43.0 Å². The zero-order valence-corrected chi connectivity index (χ0v) is 17.3. The summed E-state index contributed by atoms with van der Waals surface area (Å²) < 4.78 is 0. The van der Waals surface area contributed by atoms with E-state index in [-0.39, 0.29) is 35.9 Å². The number of guanidine groups is 1. The summed E-state index contributed by atoms with van der Waals surface area (Å²) in [7, 11) is 0. The minimum absolute atomic E-state index is 0. The Hall–Kier alpha value is -1.02. The van der Waals surface area contributed by atoms with Crippen LogP contribution in [0.2, 0.25) is 5.02 Å². The Balaban J connectivity index is 0.00000288. The van der Waals surface area contributed by atoms with Crippen molar-refractivity contribution in [2.75, 3.05) is 19.6 Å². The van der Waals surface area contributed by atoms with E-state index in [1.165, 1.54) is 0 Å². The molecule has 0 radical (unpaired) electrons. The largest absolute Gasteiger partial charge is 0.357 e. The molecule has 0 aromatic heterocycles. The molecule has 0 aliphatic carbocycles. The van der Waals surface area contributed by atoms with Gasteiger partial charge in [-0.15, -0.1) is 24.0 Å². The first-order valence-corrected chi connectivity index (χ1v) is 8.57. The number of aliphatic imine (C=N–C) groups is 1. The van der Waals surface area contributed by atoms with Crippen LogP contribution in [0.15, 0.2) is 29.3 Å². The molecule has 1 unspecified atom stereocenters. The average molecular weight is 465 g/mol. The van der Waals surface area contributed by atoms with Crippen LogP contribution in [0.5, 0.6) is 0 Å². The molecule has 1 saturated heterocycles. The molecule has 1 fully saturated rings. The summed E-state index contributed by atoms with van der Waals surface area (Å²) in [6, 6.07) is 7.97. The van der Waals surface area contributed by atoms with Crippen LogP contribution in [0, 0.1) is 0 Å². The van der Waals surface area contributed by atoms with Crippen molar-refractivity contribution >= 4 is 47.4 Å². The molecule has 2 N–H and O–H groups in total. The van der Waals surface area contributed by atoms with Crippen molar-refractivity contribution in [1.29, 1.82) is 0 Å². The Labute approximate surface area is 166 Å². The summed E-state index contributed by atoms with van der Waals surface area (Å²) in [6.45, 7) is 6.87. The van der Waals surface area contributed by atoms with Crippen molar-refractivity contribution in [2.45, 2.75) is 39.3 Å². The fourth-order valence-corrected chi connectivity index (χ4v) is 2.86. The van der Waals surface area contributed by atoms with E-state index in [0.29, 0.717) is 13.0 Å². The highest BCUT2D eigenvalue weighted by Gasteiger charge is 2.25. The van der Waals surface area contributed by atoms with Gasteiger partial charge >= 0.3 is 0 Å². The minimum atomic E-state index is 0. The molecule has 0 bridgehead atoms. The summed E-state index contributed by atoms with van der Waals surface area (Å²) in [6.07, 6.45) is 1.52.